The van der Waals surface area contributed by atoms with Crippen molar-refractivity contribution in [1.82, 2.24) is 20.0 Å². The first kappa shape index (κ1) is 12.9. The third kappa shape index (κ3) is 2.72. The van der Waals surface area contributed by atoms with Crippen LogP contribution in [-0.4, -0.2) is 40.4 Å². The predicted molar refractivity (Wildman–Crippen MR) is 76.2 cm³/mol. The number of aromatic nitrogens is 2. The summed E-state index contributed by atoms with van der Waals surface area (Å²) in [4.78, 5) is 2.20. The van der Waals surface area contributed by atoms with Crippen LogP contribution in [0.1, 0.15) is 5.56 Å². The number of hydrogen-bond acceptors (Lipinski definition) is 4. The van der Waals surface area contributed by atoms with E-state index < -0.39 is 0 Å². The highest BCUT2D eigenvalue weighted by atomic mass is 15.3. The topological polar surface area (TPSA) is 56.9 Å². The second-order valence-electron chi connectivity index (χ2n) is 4.95. The maximum absolute atomic E-state index is 9.17. The van der Waals surface area contributed by atoms with E-state index in [1.165, 1.54) is 0 Å². The lowest BCUT2D eigenvalue weighted by Crippen LogP contribution is -2.49. The molecule has 0 saturated carbocycles. The Balaban J connectivity index is 1.73. The van der Waals surface area contributed by atoms with Crippen LogP contribution < -0.4 is 5.32 Å². The van der Waals surface area contributed by atoms with Gasteiger partial charge in [-0.2, -0.15) is 10.4 Å². The van der Waals surface area contributed by atoms with Crippen LogP contribution in [0.2, 0.25) is 0 Å². The van der Waals surface area contributed by atoms with Crippen molar-refractivity contribution in [3.8, 4) is 11.8 Å². The summed E-state index contributed by atoms with van der Waals surface area (Å²) in [5, 5.41) is 16.8. The van der Waals surface area contributed by atoms with Crippen LogP contribution in [0.5, 0.6) is 0 Å². The maximum atomic E-state index is 9.17. The number of piperazine rings is 1. The van der Waals surface area contributed by atoms with E-state index in [2.05, 4.69) is 21.4 Å². The largest absolute Gasteiger partial charge is 0.313 e. The number of nitriles is 1. The fraction of sp³-hybridized carbons (Fsp3) is 0.333. The second-order valence-corrected chi connectivity index (χ2v) is 4.95. The Kier molecular flexibility index (Phi) is 3.77. The van der Waals surface area contributed by atoms with Crippen molar-refractivity contribution in [2.24, 2.45) is 0 Å². The molecule has 1 aromatic heterocycles. The molecule has 0 aliphatic carbocycles. The molecular weight excluding hydrogens is 250 g/mol. The Morgan fingerprint density at radius 2 is 2.20 bits per heavy atom. The molecule has 2 heterocycles. The van der Waals surface area contributed by atoms with E-state index >= 15 is 0 Å². The summed E-state index contributed by atoms with van der Waals surface area (Å²) < 4.78 is 1.87. The normalized spacial score (nSPS) is 19.6. The van der Waals surface area contributed by atoms with Gasteiger partial charge in [0.1, 0.15) is 6.04 Å². The highest BCUT2D eigenvalue weighted by molar-refractivity contribution is 5.30. The van der Waals surface area contributed by atoms with Gasteiger partial charge in [0.25, 0.3) is 0 Å². The summed E-state index contributed by atoms with van der Waals surface area (Å²) in [5.74, 6) is 0. The average molecular weight is 267 g/mol. The molecule has 1 aromatic carbocycles. The van der Waals surface area contributed by atoms with Gasteiger partial charge in [-0.25, -0.2) is 4.68 Å². The summed E-state index contributed by atoms with van der Waals surface area (Å²) in [6.45, 7) is 3.34. The van der Waals surface area contributed by atoms with Gasteiger partial charge in [0.15, 0.2) is 0 Å². The minimum absolute atomic E-state index is 0.0520. The minimum atomic E-state index is -0.0520. The third-order valence-electron chi connectivity index (χ3n) is 3.55. The van der Waals surface area contributed by atoms with E-state index in [-0.39, 0.29) is 6.04 Å². The number of hydrogen-bond donors (Lipinski definition) is 1. The van der Waals surface area contributed by atoms with E-state index in [4.69, 9.17) is 0 Å². The van der Waals surface area contributed by atoms with Crippen molar-refractivity contribution in [2.45, 2.75) is 12.6 Å². The Labute approximate surface area is 118 Å². The lowest BCUT2D eigenvalue weighted by Gasteiger charge is -2.31. The van der Waals surface area contributed by atoms with Crippen molar-refractivity contribution in [2.75, 3.05) is 19.6 Å². The van der Waals surface area contributed by atoms with Crippen LogP contribution in [0.4, 0.5) is 0 Å². The molecule has 1 atom stereocenters. The van der Waals surface area contributed by atoms with E-state index in [1.54, 1.807) is 0 Å². The van der Waals surface area contributed by atoms with Crippen molar-refractivity contribution in [3.63, 3.8) is 0 Å². The van der Waals surface area contributed by atoms with Gasteiger partial charge in [0, 0.05) is 37.9 Å². The number of benzene rings is 1. The van der Waals surface area contributed by atoms with Crippen molar-refractivity contribution in [1.29, 1.82) is 5.26 Å². The van der Waals surface area contributed by atoms with Crippen LogP contribution in [0.3, 0.4) is 0 Å². The molecular formula is C15H17N5. The fourth-order valence-electron chi connectivity index (χ4n) is 2.46. The number of rotatable bonds is 3. The lowest BCUT2D eigenvalue weighted by atomic mass is 10.2. The highest BCUT2D eigenvalue weighted by Gasteiger charge is 2.21. The van der Waals surface area contributed by atoms with E-state index in [0.29, 0.717) is 0 Å². The van der Waals surface area contributed by atoms with Gasteiger partial charge >= 0.3 is 0 Å². The Morgan fingerprint density at radius 3 is 3.00 bits per heavy atom. The SMILES string of the molecule is N#CC1CNCCN1Cc1cnn(-c2ccccc2)c1. The lowest BCUT2D eigenvalue weighted by molar-refractivity contribution is 0.189. The molecule has 1 aliphatic rings. The van der Waals surface area contributed by atoms with Gasteiger partial charge in [0.05, 0.1) is 18.0 Å². The van der Waals surface area contributed by atoms with Gasteiger partial charge in [0.2, 0.25) is 0 Å². The molecule has 5 heteroatoms. The van der Waals surface area contributed by atoms with Crippen LogP contribution in [0, 0.1) is 11.3 Å². The molecule has 102 valence electrons. The van der Waals surface area contributed by atoms with Crippen LogP contribution >= 0.6 is 0 Å². The Hall–Kier alpha value is -2.16. The number of para-hydroxylation sites is 1. The predicted octanol–water partition coefficient (Wildman–Crippen LogP) is 1.17. The Morgan fingerprint density at radius 1 is 1.35 bits per heavy atom. The van der Waals surface area contributed by atoms with E-state index in [1.807, 2.05) is 47.4 Å². The molecule has 1 N–H and O–H groups in total. The summed E-state index contributed by atoms with van der Waals surface area (Å²) in [6.07, 6.45) is 3.91. The zero-order chi connectivity index (χ0) is 13.8. The van der Waals surface area contributed by atoms with Crippen molar-refractivity contribution in [3.05, 3.63) is 48.3 Å². The zero-order valence-electron chi connectivity index (χ0n) is 11.2. The van der Waals surface area contributed by atoms with E-state index in [0.717, 1.165) is 37.4 Å². The zero-order valence-corrected chi connectivity index (χ0v) is 11.2. The molecule has 0 radical (unpaired) electrons. The first-order valence-corrected chi connectivity index (χ1v) is 6.80. The maximum Gasteiger partial charge on any atom is 0.111 e. The summed E-state index contributed by atoms with van der Waals surface area (Å²) in [6, 6.07) is 12.3. The first-order chi connectivity index (χ1) is 9.86. The molecule has 1 unspecified atom stereocenters. The van der Waals surface area contributed by atoms with Gasteiger partial charge in [-0.15, -0.1) is 0 Å². The number of nitrogens with zero attached hydrogens (tertiary/aromatic N) is 4. The third-order valence-corrected chi connectivity index (χ3v) is 3.55. The summed E-state index contributed by atoms with van der Waals surface area (Å²) in [5.41, 5.74) is 2.19. The fourth-order valence-corrected chi connectivity index (χ4v) is 2.46. The molecule has 0 spiro atoms. The summed E-state index contributed by atoms with van der Waals surface area (Å²) in [7, 11) is 0. The molecule has 2 aromatic rings. The molecule has 3 rings (SSSR count). The second kappa shape index (κ2) is 5.87. The van der Waals surface area contributed by atoms with E-state index in [9.17, 15) is 5.26 Å². The molecule has 1 aliphatic heterocycles. The molecule has 20 heavy (non-hydrogen) atoms. The van der Waals surface area contributed by atoms with Gasteiger partial charge in [-0.05, 0) is 12.1 Å². The summed E-state index contributed by atoms with van der Waals surface area (Å²) >= 11 is 0. The Bertz CT molecular complexity index is 598. The molecule has 0 bridgehead atoms. The standard InChI is InChI=1S/C15H17N5/c16-8-15-10-17-6-7-19(15)11-13-9-18-20(12-13)14-4-2-1-3-5-14/h1-5,9,12,15,17H,6-7,10-11H2. The van der Waals surface area contributed by atoms with Crippen molar-refractivity contribution >= 4 is 0 Å². The average Bonchev–Trinajstić information content (AvgIpc) is 2.97. The molecule has 0 amide bonds. The van der Waals surface area contributed by atoms with Gasteiger partial charge in [-0.1, -0.05) is 18.2 Å². The van der Waals surface area contributed by atoms with Gasteiger partial charge < -0.3 is 5.32 Å². The van der Waals surface area contributed by atoms with Crippen molar-refractivity contribution < 1.29 is 0 Å². The quantitative estimate of drug-likeness (QED) is 0.907. The molecule has 1 saturated heterocycles. The minimum Gasteiger partial charge on any atom is -0.313 e. The van der Waals surface area contributed by atoms with Crippen LogP contribution in [0.25, 0.3) is 5.69 Å². The van der Waals surface area contributed by atoms with Crippen LogP contribution in [0.15, 0.2) is 42.7 Å². The highest BCUT2D eigenvalue weighted by Crippen LogP contribution is 2.12. The van der Waals surface area contributed by atoms with Crippen LogP contribution in [-0.2, 0) is 6.54 Å². The monoisotopic (exact) mass is 267 g/mol. The van der Waals surface area contributed by atoms with Gasteiger partial charge in [-0.3, -0.25) is 4.90 Å². The molecule has 1 fully saturated rings. The molecule has 5 nitrogen and oxygen atoms in total. The number of nitrogens with one attached hydrogen (secondary N) is 1. The first-order valence-electron chi connectivity index (χ1n) is 6.80. The smallest absolute Gasteiger partial charge is 0.111 e.